The van der Waals surface area contributed by atoms with E-state index >= 15 is 0 Å². The van der Waals surface area contributed by atoms with Crippen LogP contribution in [0.25, 0.3) is 0 Å². The predicted octanol–water partition coefficient (Wildman–Crippen LogP) is 4.92. The third kappa shape index (κ3) is 5.39. The normalized spacial score (nSPS) is 11.2. The van der Waals surface area contributed by atoms with E-state index in [1.54, 1.807) is 24.3 Å². The van der Waals surface area contributed by atoms with Gasteiger partial charge < -0.3 is 5.32 Å². The molecule has 0 atom stereocenters. The summed E-state index contributed by atoms with van der Waals surface area (Å²) >= 11 is 0.948. The van der Waals surface area contributed by atoms with E-state index in [2.05, 4.69) is 5.32 Å². The lowest BCUT2D eigenvalue weighted by Crippen LogP contribution is -2.27. The number of hydrogen-bond donors (Lipinski definition) is 1. The van der Waals surface area contributed by atoms with Crippen LogP contribution in [0.3, 0.4) is 0 Å². The molecule has 0 aromatic heterocycles. The number of hydrogen-bond acceptors (Lipinski definition) is 3. The van der Waals surface area contributed by atoms with Crippen molar-refractivity contribution in [2.24, 2.45) is 5.41 Å². The molecule has 6 heteroatoms. The van der Waals surface area contributed by atoms with Gasteiger partial charge in [-0.05, 0) is 42.5 Å². The van der Waals surface area contributed by atoms with Gasteiger partial charge in [-0.3, -0.25) is 9.59 Å². The van der Waals surface area contributed by atoms with Gasteiger partial charge in [0, 0.05) is 21.6 Å². The fraction of sp³-hybridized carbons (Fsp3) is 0.263. The maximum Gasteiger partial charge on any atom is 0.229 e. The third-order valence-electron chi connectivity index (χ3n) is 3.40. The number of halogens is 2. The Labute approximate surface area is 149 Å². The summed E-state index contributed by atoms with van der Waals surface area (Å²) in [6.07, 6.45) is 0. The highest BCUT2D eigenvalue weighted by molar-refractivity contribution is 8.00. The van der Waals surface area contributed by atoms with E-state index in [-0.39, 0.29) is 22.3 Å². The molecule has 1 amide bonds. The lowest BCUT2D eigenvalue weighted by Gasteiger charge is -2.17. The lowest BCUT2D eigenvalue weighted by atomic mass is 9.95. The lowest BCUT2D eigenvalue weighted by molar-refractivity contribution is -0.123. The van der Waals surface area contributed by atoms with Gasteiger partial charge in [-0.25, -0.2) is 8.78 Å². The molecule has 1 N–H and O–H groups in total. The number of amides is 1. The average molecular weight is 363 g/mol. The second kappa shape index (κ2) is 7.78. The second-order valence-electron chi connectivity index (χ2n) is 6.57. The summed E-state index contributed by atoms with van der Waals surface area (Å²) in [6.45, 7) is 5.43. The first-order valence-electron chi connectivity index (χ1n) is 7.69. The van der Waals surface area contributed by atoms with Crippen molar-refractivity contribution in [1.29, 1.82) is 0 Å². The Morgan fingerprint density at radius 1 is 1.04 bits per heavy atom. The van der Waals surface area contributed by atoms with Crippen LogP contribution in [-0.2, 0) is 4.79 Å². The minimum Gasteiger partial charge on any atom is -0.326 e. The zero-order valence-corrected chi connectivity index (χ0v) is 15.0. The number of carbonyl (C=O) groups excluding carboxylic acids is 2. The van der Waals surface area contributed by atoms with Gasteiger partial charge in [-0.1, -0.05) is 20.8 Å². The summed E-state index contributed by atoms with van der Waals surface area (Å²) in [4.78, 5) is 24.2. The topological polar surface area (TPSA) is 46.2 Å². The molecule has 0 heterocycles. The van der Waals surface area contributed by atoms with Crippen molar-refractivity contribution < 1.29 is 18.4 Å². The van der Waals surface area contributed by atoms with Crippen molar-refractivity contribution in [1.82, 2.24) is 0 Å². The van der Waals surface area contributed by atoms with E-state index in [4.69, 9.17) is 0 Å². The number of carbonyl (C=O) groups is 2. The van der Waals surface area contributed by atoms with Crippen LogP contribution in [0, 0.1) is 17.0 Å². The van der Waals surface area contributed by atoms with Gasteiger partial charge in [0.2, 0.25) is 5.91 Å². The summed E-state index contributed by atoms with van der Waals surface area (Å²) in [6, 6.07) is 9.62. The number of thioether (sulfide) groups is 1. The Morgan fingerprint density at radius 2 is 1.68 bits per heavy atom. The van der Waals surface area contributed by atoms with Crippen molar-refractivity contribution in [3.05, 3.63) is 59.7 Å². The smallest absolute Gasteiger partial charge is 0.229 e. The van der Waals surface area contributed by atoms with Gasteiger partial charge in [0.15, 0.2) is 5.78 Å². The molecular weight excluding hydrogens is 344 g/mol. The van der Waals surface area contributed by atoms with Gasteiger partial charge in [0.1, 0.15) is 11.6 Å². The molecule has 0 aliphatic rings. The van der Waals surface area contributed by atoms with Crippen LogP contribution in [0.4, 0.5) is 14.5 Å². The average Bonchev–Trinajstić information content (AvgIpc) is 2.55. The highest BCUT2D eigenvalue weighted by atomic mass is 32.2. The molecule has 0 radical (unpaired) electrons. The minimum atomic E-state index is -0.556. The highest BCUT2D eigenvalue weighted by Gasteiger charge is 2.21. The molecule has 0 saturated carbocycles. The van der Waals surface area contributed by atoms with Crippen LogP contribution in [0.5, 0.6) is 0 Å². The molecule has 2 aromatic rings. The zero-order chi connectivity index (χ0) is 18.6. The molecule has 0 aliphatic heterocycles. The third-order valence-corrected chi connectivity index (χ3v) is 4.43. The van der Waals surface area contributed by atoms with Crippen LogP contribution >= 0.6 is 11.8 Å². The quantitative estimate of drug-likeness (QED) is 0.605. The maximum atomic E-state index is 13.6. The Kier molecular flexibility index (Phi) is 5.95. The van der Waals surface area contributed by atoms with Gasteiger partial charge in [-0.15, -0.1) is 11.8 Å². The van der Waals surface area contributed by atoms with Gasteiger partial charge in [0.05, 0.1) is 5.75 Å². The summed E-state index contributed by atoms with van der Waals surface area (Å²) in [5.74, 6) is -1.44. The van der Waals surface area contributed by atoms with Crippen LogP contribution in [0.1, 0.15) is 31.1 Å². The Morgan fingerprint density at radius 3 is 2.28 bits per heavy atom. The van der Waals surface area contributed by atoms with E-state index in [0.717, 1.165) is 30.0 Å². The molecular formula is C19H19F2NO2S. The van der Waals surface area contributed by atoms with Crippen molar-refractivity contribution in [3.8, 4) is 0 Å². The van der Waals surface area contributed by atoms with Crippen LogP contribution < -0.4 is 5.32 Å². The number of rotatable bonds is 5. The molecule has 0 spiro atoms. The SMILES string of the molecule is CC(C)(C)C(=O)Nc1ccc(C(=O)CSc2cc(F)ccc2F)cc1. The highest BCUT2D eigenvalue weighted by Crippen LogP contribution is 2.24. The molecule has 0 aliphatic carbocycles. The van der Waals surface area contributed by atoms with Crippen molar-refractivity contribution in [3.63, 3.8) is 0 Å². The molecule has 132 valence electrons. The Balaban J connectivity index is 1.98. The summed E-state index contributed by atoms with van der Waals surface area (Å²) in [7, 11) is 0. The summed E-state index contributed by atoms with van der Waals surface area (Å²) < 4.78 is 26.7. The van der Waals surface area contributed by atoms with Gasteiger partial charge in [0.25, 0.3) is 0 Å². The van der Waals surface area contributed by atoms with E-state index in [9.17, 15) is 18.4 Å². The first-order chi connectivity index (χ1) is 11.7. The fourth-order valence-electron chi connectivity index (χ4n) is 1.87. The van der Waals surface area contributed by atoms with E-state index in [1.165, 1.54) is 0 Å². The van der Waals surface area contributed by atoms with Crippen LogP contribution in [0.2, 0.25) is 0 Å². The van der Waals surface area contributed by atoms with E-state index in [1.807, 2.05) is 20.8 Å². The number of ketones is 1. The van der Waals surface area contributed by atoms with Crippen molar-refractivity contribution >= 4 is 29.1 Å². The molecule has 2 rings (SSSR count). The van der Waals surface area contributed by atoms with Gasteiger partial charge >= 0.3 is 0 Å². The van der Waals surface area contributed by atoms with E-state index in [0.29, 0.717) is 11.3 Å². The van der Waals surface area contributed by atoms with Crippen LogP contribution in [-0.4, -0.2) is 17.4 Å². The second-order valence-corrected chi connectivity index (χ2v) is 7.59. The first kappa shape index (κ1) is 19.1. The van der Waals surface area contributed by atoms with Gasteiger partial charge in [-0.2, -0.15) is 0 Å². The van der Waals surface area contributed by atoms with Crippen LogP contribution in [0.15, 0.2) is 47.4 Å². The zero-order valence-electron chi connectivity index (χ0n) is 14.2. The number of anilines is 1. The number of Topliss-reactive ketones (excluding diaryl/α,β-unsaturated/α-hetero) is 1. The van der Waals surface area contributed by atoms with Crippen molar-refractivity contribution in [2.75, 3.05) is 11.1 Å². The Bertz CT molecular complexity index is 783. The first-order valence-corrected chi connectivity index (χ1v) is 8.68. The van der Waals surface area contributed by atoms with E-state index < -0.39 is 17.0 Å². The molecule has 0 bridgehead atoms. The monoisotopic (exact) mass is 363 g/mol. The molecule has 25 heavy (non-hydrogen) atoms. The Hall–Kier alpha value is -2.21. The predicted molar refractivity (Wildman–Crippen MR) is 95.9 cm³/mol. The fourth-order valence-corrected chi connectivity index (χ4v) is 2.73. The largest absolute Gasteiger partial charge is 0.326 e. The maximum absolute atomic E-state index is 13.6. The number of benzene rings is 2. The molecule has 0 unspecified atom stereocenters. The molecule has 0 saturated heterocycles. The minimum absolute atomic E-state index is 0.00588. The summed E-state index contributed by atoms with van der Waals surface area (Å²) in [5.41, 5.74) is 0.526. The standard InChI is InChI=1S/C19H19F2NO2S/c1-19(2,3)18(24)22-14-7-4-12(5-8-14)16(23)11-25-17-10-13(20)6-9-15(17)21/h4-10H,11H2,1-3H3,(H,22,24). The molecule has 0 fully saturated rings. The number of nitrogens with one attached hydrogen (secondary N) is 1. The molecule has 2 aromatic carbocycles. The van der Waals surface area contributed by atoms with Crippen molar-refractivity contribution in [2.45, 2.75) is 25.7 Å². The molecule has 3 nitrogen and oxygen atoms in total. The summed E-state index contributed by atoms with van der Waals surface area (Å²) in [5, 5.41) is 2.77.